The van der Waals surface area contributed by atoms with Crippen LogP contribution >= 0.6 is 38.6 Å². The van der Waals surface area contributed by atoms with E-state index in [1.807, 2.05) is 29.0 Å². The monoisotopic (exact) mass is 345 g/mol. The number of hydrogen-bond donors (Lipinski definition) is 2. The predicted molar refractivity (Wildman–Crippen MR) is 78.2 cm³/mol. The van der Waals surface area contributed by atoms with Crippen molar-refractivity contribution in [1.82, 2.24) is 5.32 Å². The largest absolute Gasteiger partial charge is 0.481 e. The maximum absolute atomic E-state index is 10.9. The number of carboxylic acid groups (broad SMARTS) is 1. The molecule has 2 heterocycles. The normalized spacial score (nSPS) is 12.5. The molecule has 6 heteroatoms. The SMILES string of the molecule is O=C(O)CC(NCc1cc(Br)cs1)c1cccs1. The molecule has 18 heavy (non-hydrogen) atoms. The fourth-order valence-corrected chi connectivity index (χ4v) is 3.81. The van der Waals surface area contributed by atoms with Crippen LogP contribution in [0.5, 0.6) is 0 Å². The first-order valence-corrected chi connectivity index (χ1v) is 7.92. The Labute approximate surface area is 122 Å². The molecule has 0 bridgehead atoms. The summed E-state index contributed by atoms with van der Waals surface area (Å²) in [4.78, 5) is 13.1. The number of carboxylic acids is 1. The summed E-state index contributed by atoms with van der Waals surface area (Å²) in [6.07, 6.45) is 0.104. The maximum atomic E-state index is 10.9. The minimum absolute atomic E-state index is 0.104. The molecular formula is C12H12BrNO2S2. The molecule has 0 amide bonds. The third-order valence-corrected chi connectivity index (χ3v) is 5.09. The molecule has 0 radical (unpaired) electrons. The fraction of sp³-hybridized carbons (Fsp3) is 0.250. The van der Waals surface area contributed by atoms with E-state index < -0.39 is 5.97 Å². The molecule has 1 atom stereocenters. The third kappa shape index (κ3) is 3.91. The molecule has 2 aromatic heterocycles. The van der Waals surface area contributed by atoms with Gasteiger partial charge in [-0.1, -0.05) is 6.07 Å². The molecule has 0 fully saturated rings. The van der Waals surface area contributed by atoms with Gasteiger partial charge in [-0.2, -0.15) is 0 Å². The Bertz CT molecular complexity index is 510. The molecule has 0 aliphatic carbocycles. The quantitative estimate of drug-likeness (QED) is 0.835. The van der Waals surface area contributed by atoms with Crippen molar-refractivity contribution in [3.8, 4) is 0 Å². The zero-order chi connectivity index (χ0) is 13.0. The Morgan fingerprint density at radius 1 is 1.50 bits per heavy atom. The van der Waals surface area contributed by atoms with Gasteiger partial charge in [0, 0.05) is 26.2 Å². The molecule has 96 valence electrons. The second kappa shape index (κ2) is 6.47. The van der Waals surface area contributed by atoms with Gasteiger partial charge in [0.25, 0.3) is 0 Å². The van der Waals surface area contributed by atoms with Crippen molar-refractivity contribution in [2.24, 2.45) is 0 Å². The van der Waals surface area contributed by atoms with Gasteiger partial charge in [-0.15, -0.1) is 22.7 Å². The van der Waals surface area contributed by atoms with Crippen LogP contribution in [0.3, 0.4) is 0 Å². The highest BCUT2D eigenvalue weighted by atomic mass is 79.9. The van der Waals surface area contributed by atoms with Crippen LogP contribution in [-0.2, 0) is 11.3 Å². The molecular weight excluding hydrogens is 334 g/mol. The molecule has 2 aromatic rings. The van der Waals surface area contributed by atoms with E-state index in [0.717, 1.165) is 9.35 Å². The lowest BCUT2D eigenvalue weighted by Crippen LogP contribution is -2.22. The van der Waals surface area contributed by atoms with Gasteiger partial charge in [0.15, 0.2) is 0 Å². The van der Waals surface area contributed by atoms with Crippen LogP contribution in [0.2, 0.25) is 0 Å². The van der Waals surface area contributed by atoms with Gasteiger partial charge in [0.05, 0.1) is 12.5 Å². The lowest BCUT2D eigenvalue weighted by Gasteiger charge is -2.14. The lowest BCUT2D eigenvalue weighted by molar-refractivity contribution is -0.137. The summed E-state index contributed by atoms with van der Waals surface area (Å²) in [5, 5.41) is 16.2. The molecule has 2 rings (SSSR count). The van der Waals surface area contributed by atoms with E-state index in [4.69, 9.17) is 5.11 Å². The topological polar surface area (TPSA) is 49.3 Å². The number of thiophene rings is 2. The number of rotatable bonds is 6. The number of carbonyl (C=O) groups is 1. The van der Waals surface area contributed by atoms with Crippen LogP contribution < -0.4 is 5.32 Å². The Hall–Kier alpha value is -0.690. The summed E-state index contributed by atoms with van der Waals surface area (Å²) in [6.45, 7) is 0.687. The second-order valence-electron chi connectivity index (χ2n) is 3.78. The van der Waals surface area contributed by atoms with Crippen molar-refractivity contribution in [1.29, 1.82) is 0 Å². The fourth-order valence-electron chi connectivity index (χ4n) is 1.61. The first-order chi connectivity index (χ1) is 8.65. The first-order valence-electron chi connectivity index (χ1n) is 5.36. The third-order valence-electron chi connectivity index (χ3n) is 2.41. The van der Waals surface area contributed by atoms with E-state index in [9.17, 15) is 4.79 Å². The van der Waals surface area contributed by atoms with Crippen molar-refractivity contribution in [2.75, 3.05) is 0 Å². The summed E-state index contributed by atoms with van der Waals surface area (Å²) in [6, 6.07) is 5.83. The van der Waals surface area contributed by atoms with Crippen molar-refractivity contribution in [2.45, 2.75) is 19.0 Å². The van der Waals surface area contributed by atoms with E-state index in [0.29, 0.717) is 6.54 Å². The molecule has 2 N–H and O–H groups in total. The molecule has 0 aliphatic rings. The highest BCUT2D eigenvalue weighted by Gasteiger charge is 2.16. The van der Waals surface area contributed by atoms with Crippen LogP contribution in [0, 0.1) is 0 Å². The smallest absolute Gasteiger partial charge is 0.305 e. The minimum Gasteiger partial charge on any atom is -0.481 e. The molecule has 0 aromatic carbocycles. The van der Waals surface area contributed by atoms with Crippen molar-refractivity contribution < 1.29 is 9.90 Å². The summed E-state index contributed by atoms with van der Waals surface area (Å²) < 4.78 is 1.07. The van der Waals surface area contributed by atoms with Crippen LogP contribution in [-0.4, -0.2) is 11.1 Å². The molecule has 0 aliphatic heterocycles. The van der Waals surface area contributed by atoms with Crippen molar-refractivity contribution in [3.05, 3.63) is 43.2 Å². The summed E-state index contributed by atoms with van der Waals surface area (Å²) in [5.74, 6) is -0.784. The van der Waals surface area contributed by atoms with Gasteiger partial charge in [0.2, 0.25) is 0 Å². The van der Waals surface area contributed by atoms with Crippen LogP contribution in [0.25, 0.3) is 0 Å². The number of aliphatic carboxylic acids is 1. The number of halogens is 1. The van der Waals surface area contributed by atoms with Crippen LogP contribution in [0.1, 0.15) is 22.2 Å². The Morgan fingerprint density at radius 3 is 2.89 bits per heavy atom. The summed E-state index contributed by atoms with van der Waals surface area (Å²) in [5.41, 5.74) is 0. The average Bonchev–Trinajstić information content (AvgIpc) is 2.94. The molecule has 0 spiro atoms. The van der Waals surface area contributed by atoms with Gasteiger partial charge >= 0.3 is 5.97 Å². The second-order valence-corrected chi connectivity index (χ2v) is 6.67. The number of nitrogens with one attached hydrogen (secondary N) is 1. The summed E-state index contributed by atoms with van der Waals surface area (Å²) >= 11 is 6.64. The van der Waals surface area contributed by atoms with Gasteiger partial charge in [0.1, 0.15) is 0 Å². The van der Waals surface area contributed by atoms with E-state index in [2.05, 4.69) is 21.2 Å². The van der Waals surface area contributed by atoms with Crippen LogP contribution in [0.15, 0.2) is 33.4 Å². The minimum atomic E-state index is -0.784. The standard InChI is InChI=1S/C12H12BrNO2S2/c13-8-4-9(18-7-8)6-14-10(5-12(15)16)11-2-1-3-17-11/h1-4,7,10,14H,5-6H2,(H,15,16). The molecule has 1 unspecified atom stereocenters. The zero-order valence-corrected chi connectivity index (χ0v) is 12.6. The lowest BCUT2D eigenvalue weighted by atomic mass is 10.1. The highest BCUT2D eigenvalue weighted by molar-refractivity contribution is 9.10. The highest BCUT2D eigenvalue weighted by Crippen LogP contribution is 2.24. The van der Waals surface area contributed by atoms with Crippen molar-refractivity contribution >= 4 is 44.6 Å². The van der Waals surface area contributed by atoms with Crippen molar-refractivity contribution in [3.63, 3.8) is 0 Å². The van der Waals surface area contributed by atoms with Gasteiger partial charge in [-0.3, -0.25) is 4.79 Å². The molecule has 3 nitrogen and oxygen atoms in total. The number of hydrogen-bond acceptors (Lipinski definition) is 4. The van der Waals surface area contributed by atoms with E-state index in [-0.39, 0.29) is 12.5 Å². The predicted octanol–water partition coefficient (Wildman–Crippen LogP) is 3.88. The van der Waals surface area contributed by atoms with Gasteiger partial charge in [-0.05, 0) is 33.4 Å². The van der Waals surface area contributed by atoms with Crippen LogP contribution in [0.4, 0.5) is 0 Å². The van der Waals surface area contributed by atoms with E-state index in [1.54, 1.807) is 22.7 Å². The summed E-state index contributed by atoms with van der Waals surface area (Å²) in [7, 11) is 0. The first kappa shape index (κ1) is 13.7. The average molecular weight is 346 g/mol. The molecule has 0 saturated heterocycles. The van der Waals surface area contributed by atoms with Gasteiger partial charge in [-0.25, -0.2) is 0 Å². The molecule has 0 saturated carbocycles. The zero-order valence-electron chi connectivity index (χ0n) is 9.43. The van der Waals surface area contributed by atoms with E-state index >= 15 is 0 Å². The Balaban J connectivity index is 1.99. The Kier molecular flexibility index (Phi) is 4.94. The Morgan fingerprint density at radius 2 is 2.33 bits per heavy atom. The maximum Gasteiger partial charge on any atom is 0.305 e. The van der Waals surface area contributed by atoms with Gasteiger partial charge < -0.3 is 10.4 Å². The van der Waals surface area contributed by atoms with E-state index in [1.165, 1.54) is 4.88 Å².